The molecule has 4 amide bonds. The summed E-state index contributed by atoms with van der Waals surface area (Å²) in [6.45, 7) is 4.10. The van der Waals surface area contributed by atoms with Crippen LogP contribution in [0, 0.1) is 23.7 Å². The van der Waals surface area contributed by atoms with Gasteiger partial charge < -0.3 is 0 Å². The Balaban J connectivity index is 0.000000152. The maximum atomic E-state index is 13.1. The van der Waals surface area contributed by atoms with E-state index in [0.29, 0.717) is 24.2 Å². The lowest BCUT2D eigenvalue weighted by Gasteiger charge is -2.28. The fraction of sp³-hybridized carbons (Fsp3) is 0.238. The predicted octanol–water partition coefficient (Wildman–Crippen LogP) is 7.85. The standard InChI is InChI=1S/2C21H19NO2/c2*1-14-12-17(15-8-4-2-5-9-15)19-18(13-14)20(23)22(21(19)24)16-10-6-3-7-11-16/h2*2-12,17-19H,13H2,1H3/t2*17-,18-,19+/m00/s1. The molecule has 2 heterocycles. The van der Waals surface area contributed by atoms with Gasteiger partial charge in [-0.3, -0.25) is 29.0 Å². The van der Waals surface area contributed by atoms with Gasteiger partial charge in [-0.05, 0) is 62.1 Å². The molecule has 6 heteroatoms. The Morgan fingerprint density at radius 3 is 1.08 bits per heavy atom. The van der Waals surface area contributed by atoms with Gasteiger partial charge in [0, 0.05) is 11.8 Å². The minimum atomic E-state index is -0.302. The van der Waals surface area contributed by atoms with Crippen LogP contribution in [0.5, 0.6) is 0 Å². The van der Waals surface area contributed by atoms with Crippen LogP contribution in [0.15, 0.2) is 145 Å². The first-order valence-electron chi connectivity index (χ1n) is 16.6. The van der Waals surface area contributed by atoms with Crippen molar-refractivity contribution in [1.29, 1.82) is 0 Å². The minimum Gasteiger partial charge on any atom is -0.274 e. The third-order valence-electron chi connectivity index (χ3n) is 10.1. The second-order valence-electron chi connectivity index (χ2n) is 13.3. The molecule has 2 aliphatic heterocycles. The van der Waals surface area contributed by atoms with Gasteiger partial charge in [-0.2, -0.15) is 0 Å². The summed E-state index contributed by atoms with van der Waals surface area (Å²) in [7, 11) is 0. The average molecular weight is 635 g/mol. The van der Waals surface area contributed by atoms with Gasteiger partial charge >= 0.3 is 0 Å². The smallest absolute Gasteiger partial charge is 0.238 e. The molecule has 0 unspecified atom stereocenters. The molecule has 240 valence electrons. The van der Waals surface area contributed by atoms with Crippen LogP contribution in [0.2, 0.25) is 0 Å². The molecule has 0 saturated carbocycles. The Kier molecular flexibility index (Phi) is 8.49. The summed E-state index contributed by atoms with van der Waals surface area (Å²) in [6, 6.07) is 38.5. The Morgan fingerprint density at radius 2 is 0.750 bits per heavy atom. The first-order chi connectivity index (χ1) is 23.3. The van der Waals surface area contributed by atoms with E-state index in [1.54, 1.807) is 0 Å². The second-order valence-corrected chi connectivity index (χ2v) is 13.3. The van der Waals surface area contributed by atoms with Gasteiger partial charge in [0.05, 0.1) is 35.0 Å². The number of hydrogen-bond acceptors (Lipinski definition) is 4. The van der Waals surface area contributed by atoms with E-state index in [2.05, 4.69) is 26.0 Å². The van der Waals surface area contributed by atoms with Crippen molar-refractivity contribution >= 4 is 35.0 Å². The largest absolute Gasteiger partial charge is 0.274 e. The van der Waals surface area contributed by atoms with Gasteiger partial charge in [-0.25, -0.2) is 0 Å². The number of para-hydroxylation sites is 2. The summed E-state index contributed by atoms with van der Waals surface area (Å²) in [6.07, 6.45) is 5.66. The number of imide groups is 2. The summed E-state index contributed by atoms with van der Waals surface area (Å²) in [5, 5.41) is 0. The number of hydrogen-bond donors (Lipinski definition) is 0. The van der Waals surface area contributed by atoms with Crippen LogP contribution >= 0.6 is 0 Å². The molecule has 6 nitrogen and oxygen atoms in total. The maximum Gasteiger partial charge on any atom is 0.238 e. The van der Waals surface area contributed by atoms with Crippen LogP contribution in [0.4, 0.5) is 11.4 Å². The summed E-state index contributed by atoms with van der Waals surface area (Å²) in [5.74, 6) is -1.46. The summed E-state index contributed by atoms with van der Waals surface area (Å²) in [5.41, 5.74) is 5.91. The van der Waals surface area contributed by atoms with E-state index in [0.717, 1.165) is 11.1 Å². The Labute approximate surface area is 281 Å². The molecule has 0 aromatic heterocycles. The Bertz CT molecular complexity index is 1760. The normalized spacial score (nSPS) is 26.3. The zero-order valence-electron chi connectivity index (χ0n) is 27.1. The monoisotopic (exact) mass is 634 g/mol. The lowest BCUT2D eigenvalue weighted by Crippen LogP contribution is -2.31. The highest BCUT2D eigenvalue weighted by Gasteiger charge is 2.53. The van der Waals surface area contributed by atoms with E-state index >= 15 is 0 Å². The van der Waals surface area contributed by atoms with Crippen molar-refractivity contribution in [2.75, 3.05) is 9.80 Å². The topological polar surface area (TPSA) is 74.8 Å². The van der Waals surface area contributed by atoms with Gasteiger partial charge in [0.2, 0.25) is 23.6 Å². The highest BCUT2D eigenvalue weighted by Crippen LogP contribution is 2.48. The molecule has 0 radical (unpaired) electrons. The van der Waals surface area contributed by atoms with Crippen LogP contribution in [0.25, 0.3) is 0 Å². The Hall–Kier alpha value is -5.36. The molecule has 8 rings (SSSR count). The second kappa shape index (κ2) is 13.0. The van der Waals surface area contributed by atoms with Gasteiger partial charge in [-0.1, -0.05) is 120 Å². The number of carbonyl (C=O) groups excluding carboxylic acids is 4. The highest BCUT2D eigenvalue weighted by atomic mass is 16.2. The van der Waals surface area contributed by atoms with Crippen LogP contribution in [-0.2, 0) is 19.2 Å². The Morgan fingerprint density at radius 1 is 0.438 bits per heavy atom. The quantitative estimate of drug-likeness (QED) is 0.169. The van der Waals surface area contributed by atoms with E-state index in [1.807, 2.05) is 121 Å². The van der Waals surface area contributed by atoms with Crippen molar-refractivity contribution < 1.29 is 19.2 Å². The molecule has 4 aliphatic rings. The molecule has 2 fully saturated rings. The molecule has 0 spiro atoms. The molecular formula is C42H38N2O4. The minimum absolute atomic E-state index is 0.0323. The zero-order chi connectivity index (χ0) is 33.4. The first kappa shape index (κ1) is 31.3. The van der Waals surface area contributed by atoms with Gasteiger partial charge in [0.1, 0.15) is 0 Å². The van der Waals surface area contributed by atoms with Crippen LogP contribution in [0.1, 0.15) is 49.7 Å². The number of fused-ring (bicyclic) bond motifs is 2. The van der Waals surface area contributed by atoms with E-state index in [9.17, 15) is 19.2 Å². The number of carbonyl (C=O) groups is 4. The molecule has 2 aliphatic carbocycles. The maximum absolute atomic E-state index is 13.1. The number of benzene rings is 4. The van der Waals surface area contributed by atoms with Crippen LogP contribution in [-0.4, -0.2) is 23.6 Å². The highest BCUT2D eigenvalue weighted by molar-refractivity contribution is 6.23. The summed E-state index contributed by atoms with van der Waals surface area (Å²) < 4.78 is 0. The van der Waals surface area contributed by atoms with Crippen LogP contribution < -0.4 is 9.80 Å². The summed E-state index contributed by atoms with van der Waals surface area (Å²) >= 11 is 0. The third-order valence-corrected chi connectivity index (χ3v) is 10.1. The van der Waals surface area contributed by atoms with E-state index in [-0.39, 0.29) is 59.1 Å². The van der Waals surface area contributed by atoms with E-state index < -0.39 is 0 Å². The lowest BCUT2D eigenvalue weighted by molar-refractivity contribution is -0.124. The SMILES string of the molecule is CC1=C[C@@H](c2ccccc2)[C@H]2C(=O)N(c3ccccc3)C(=O)[C@H]2C1.CC1=C[C@@H](c2ccccc2)[C@H]2C(=O)N(c3ccccc3)C(=O)[C@H]2C1. The number of nitrogens with zero attached hydrogens (tertiary/aromatic N) is 2. The molecule has 2 saturated heterocycles. The van der Waals surface area contributed by atoms with Crippen LogP contribution in [0.3, 0.4) is 0 Å². The van der Waals surface area contributed by atoms with Gasteiger partial charge in [-0.15, -0.1) is 0 Å². The molecule has 48 heavy (non-hydrogen) atoms. The molecule has 4 aromatic carbocycles. The zero-order valence-corrected chi connectivity index (χ0v) is 27.1. The first-order valence-corrected chi connectivity index (χ1v) is 16.6. The molecule has 0 bridgehead atoms. The van der Waals surface area contributed by atoms with E-state index in [1.165, 1.54) is 20.9 Å². The van der Waals surface area contributed by atoms with Crippen molar-refractivity contribution in [3.8, 4) is 0 Å². The third kappa shape index (κ3) is 5.62. The number of allylic oxidation sites excluding steroid dienone is 4. The van der Waals surface area contributed by atoms with E-state index in [4.69, 9.17) is 0 Å². The average Bonchev–Trinajstić information content (AvgIpc) is 3.52. The van der Waals surface area contributed by atoms with Gasteiger partial charge in [0.15, 0.2) is 0 Å². The molecule has 4 aromatic rings. The van der Waals surface area contributed by atoms with Crippen molar-refractivity contribution in [1.82, 2.24) is 0 Å². The van der Waals surface area contributed by atoms with Crippen molar-refractivity contribution in [2.24, 2.45) is 23.7 Å². The number of rotatable bonds is 4. The van der Waals surface area contributed by atoms with Crippen molar-refractivity contribution in [3.05, 3.63) is 156 Å². The lowest BCUT2D eigenvalue weighted by atomic mass is 9.72. The van der Waals surface area contributed by atoms with Crippen molar-refractivity contribution in [3.63, 3.8) is 0 Å². The fourth-order valence-electron chi connectivity index (χ4n) is 8.01. The molecular weight excluding hydrogens is 596 g/mol. The molecule has 6 atom stereocenters. The van der Waals surface area contributed by atoms with Crippen molar-refractivity contribution in [2.45, 2.75) is 38.5 Å². The summed E-state index contributed by atoms with van der Waals surface area (Å²) in [4.78, 5) is 54.9. The predicted molar refractivity (Wildman–Crippen MR) is 187 cm³/mol. The van der Waals surface area contributed by atoms with Gasteiger partial charge in [0.25, 0.3) is 0 Å². The number of anilines is 2. The molecule has 0 N–H and O–H groups in total. The fourth-order valence-corrected chi connectivity index (χ4v) is 8.01. The number of amides is 4.